The predicted octanol–water partition coefficient (Wildman–Crippen LogP) is 3.11. The molecule has 2 fully saturated rings. The van der Waals surface area contributed by atoms with Crippen LogP contribution in [0.25, 0.3) is 0 Å². The number of carbonyl (C=O) groups excluding carboxylic acids is 1. The number of ether oxygens (including phenoxy) is 2. The third-order valence-corrected chi connectivity index (χ3v) is 6.92. The highest BCUT2D eigenvalue weighted by atomic mass is 16.5. The Balaban J connectivity index is 1.35. The Bertz CT molecular complexity index is 964. The summed E-state index contributed by atoms with van der Waals surface area (Å²) in [7, 11) is 1.32. The molecule has 2 aliphatic rings. The topological polar surface area (TPSA) is 65.5 Å². The van der Waals surface area contributed by atoms with E-state index in [1.165, 1.54) is 18.2 Å². The van der Waals surface area contributed by atoms with Gasteiger partial charge in [-0.05, 0) is 42.7 Å². The second kappa shape index (κ2) is 11.3. The number of aromatic hydroxyl groups is 1. The summed E-state index contributed by atoms with van der Waals surface area (Å²) in [5.74, 6) is -0.546. The lowest BCUT2D eigenvalue weighted by molar-refractivity contribution is 0.0287. The minimum Gasteiger partial charge on any atom is -0.507 e. The summed E-state index contributed by atoms with van der Waals surface area (Å²) in [6, 6.07) is 15.0. The SMILES string of the molecule is COC(=O)c1ccc(CN2C[C@@H](C)N(Cc3cccc(CN4CCOCC4)c3)[C@@H](C)C2)cc1O. The monoisotopic (exact) mass is 467 g/mol. The first-order valence-electron chi connectivity index (χ1n) is 12.2. The van der Waals surface area contributed by atoms with Crippen LogP contribution in [0.15, 0.2) is 42.5 Å². The number of benzene rings is 2. The molecule has 34 heavy (non-hydrogen) atoms. The smallest absolute Gasteiger partial charge is 0.341 e. The van der Waals surface area contributed by atoms with Gasteiger partial charge in [0.15, 0.2) is 0 Å². The molecule has 2 atom stereocenters. The van der Waals surface area contributed by atoms with Crippen LogP contribution in [0, 0.1) is 0 Å². The second-order valence-electron chi connectivity index (χ2n) is 9.62. The fraction of sp³-hybridized carbons (Fsp3) is 0.519. The molecule has 1 N–H and O–H groups in total. The standard InChI is InChI=1S/C27H37N3O4/c1-20-15-29(18-24-7-8-25(26(31)14-24)27(32)33-3)16-21(2)30(20)19-23-6-4-5-22(13-23)17-28-9-11-34-12-10-28/h4-8,13-14,20-21,31H,9-12,15-19H2,1-3H3/t20-,21+. The van der Waals surface area contributed by atoms with Crippen LogP contribution < -0.4 is 0 Å². The van der Waals surface area contributed by atoms with E-state index in [2.05, 4.69) is 52.8 Å². The molecule has 2 aliphatic heterocycles. The van der Waals surface area contributed by atoms with Gasteiger partial charge in [0.1, 0.15) is 11.3 Å². The number of hydrogen-bond donors (Lipinski definition) is 1. The Morgan fingerprint density at radius 2 is 1.56 bits per heavy atom. The fourth-order valence-electron chi connectivity index (χ4n) is 5.18. The number of piperazine rings is 1. The van der Waals surface area contributed by atoms with Crippen LogP contribution in [0.5, 0.6) is 5.75 Å². The molecule has 7 heteroatoms. The van der Waals surface area contributed by atoms with Crippen molar-refractivity contribution in [2.24, 2.45) is 0 Å². The van der Waals surface area contributed by atoms with Crippen LogP contribution in [0.1, 0.15) is 40.9 Å². The average Bonchev–Trinajstić information content (AvgIpc) is 2.82. The fourth-order valence-corrected chi connectivity index (χ4v) is 5.18. The largest absolute Gasteiger partial charge is 0.507 e. The highest BCUT2D eigenvalue weighted by molar-refractivity contribution is 5.92. The van der Waals surface area contributed by atoms with Crippen LogP contribution in [0.3, 0.4) is 0 Å². The lowest BCUT2D eigenvalue weighted by atomic mass is 10.0. The third kappa shape index (κ3) is 6.16. The number of rotatable bonds is 7. The van der Waals surface area contributed by atoms with Crippen molar-refractivity contribution >= 4 is 5.97 Å². The van der Waals surface area contributed by atoms with Crippen molar-refractivity contribution < 1.29 is 19.4 Å². The molecule has 184 valence electrons. The van der Waals surface area contributed by atoms with E-state index in [1.54, 1.807) is 12.1 Å². The summed E-state index contributed by atoms with van der Waals surface area (Å²) >= 11 is 0. The van der Waals surface area contributed by atoms with E-state index in [9.17, 15) is 9.90 Å². The van der Waals surface area contributed by atoms with Crippen molar-refractivity contribution in [2.45, 2.75) is 45.6 Å². The molecule has 0 unspecified atom stereocenters. The maximum absolute atomic E-state index is 11.7. The highest BCUT2D eigenvalue weighted by Crippen LogP contribution is 2.24. The summed E-state index contributed by atoms with van der Waals surface area (Å²) in [5, 5.41) is 10.2. The van der Waals surface area contributed by atoms with Gasteiger partial charge in [0.25, 0.3) is 0 Å². The van der Waals surface area contributed by atoms with Gasteiger partial charge in [-0.15, -0.1) is 0 Å². The number of carbonyl (C=O) groups is 1. The maximum Gasteiger partial charge on any atom is 0.341 e. The van der Waals surface area contributed by atoms with Gasteiger partial charge in [0, 0.05) is 57.9 Å². The molecule has 0 saturated carbocycles. The lowest BCUT2D eigenvalue weighted by Gasteiger charge is -2.44. The summed E-state index contributed by atoms with van der Waals surface area (Å²) in [6.07, 6.45) is 0. The average molecular weight is 468 g/mol. The van der Waals surface area contributed by atoms with Crippen molar-refractivity contribution in [1.29, 1.82) is 0 Å². The second-order valence-corrected chi connectivity index (χ2v) is 9.62. The van der Waals surface area contributed by atoms with Gasteiger partial charge in [-0.25, -0.2) is 4.79 Å². The number of methoxy groups -OCH3 is 1. The lowest BCUT2D eigenvalue weighted by Crippen LogP contribution is -2.55. The van der Waals surface area contributed by atoms with E-state index in [0.29, 0.717) is 12.1 Å². The van der Waals surface area contributed by atoms with E-state index in [1.807, 2.05) is 6.07 Å². The zero-order chi connectivity index (χ0) is 24.1. The summed E-state index contributed by atoms with van der Waals surface area (Å²) in [6.45, 7) is 12.8. The van der Waals surface area contributed by atoms with E-state index in [-0.39, 0.29) is 11.3 Å². The first-order chi connectivity index (χ1) is 16.4. The van der Waals surface area contributed by atoms with Gasteiger partial charge in [0.2, 0.25) is 0 Å². The van der Waals surface area contributed by atoms with Crippen LogP contribution >= 0.6 is 0 Å². The number of phenolic OH excluding ortho intramolecular Hbond substituents is 1. The zero-order valence-corrected chi connectivity index (χ0v) is 20.6. The van der Waals surface area contributed by atoms with Crippen molar-refractivity contribution in [3.63, 3.8) is 0 Å². The third-order valence-electron chi connectivity index (χ3n) is 6.92. The van der Waals surface area contributed by atoms with Gasteiger partial charge in [-0.3, -0.25) is 14.7 Å². The molecular weight excluding hydrogens is 430 g/mol. The van der Waals surface area contributed by atoms with E-state index < -0.39 is 5.97 Å². The Morgan fingerprint density at radius 3 is 2.21 bits per heavy atom. The minimum absolute atomic E-state index is 0.0268. The van der Waals surface area contributed by atoms with Crippen molar-refractivity contribution in [2.75, 3.05) is 46.5 Å². The summed E-state index contributed by atoms with van der Waals surface area (Å²) < 4.78 is 10.2. The van der Waals surface area contributed by atoms with Gasteiger partial charge in [-0.2, -0.15) is 0 Å². The molecule has 4 rings (SSSR count). The van der Waals surface area contributed by atoms with E-state index >= 15 is 0 Å². The molecule has 0 spiro atoms. The zero-order valence-electron chi connectivity index (χ0n) is 20.6. The Morgan fingerprint density at radius 1 is 0.941 bits per heavy atom. The van der Waals surface area contributed by atoms with E-state index in [4.69, 9.17) is 9.47 Å². The summed E-state index contributed by atoms with van der Waals surface area (Å²) in [5.41, 5.74) is 3.93. The minimum atomic E-state index is -0.520. The Labute approximate surface area is 202 Å². The number of esters is 1. The normalized spacial score (nSPS) is 22.6. The van der Waals surface area contributed by atoms with Gasteiger partial charge >= 0.3 is 5.97 Å². The van der Waals surface area contributed by atoms with Gasteiger partial charge in [0.05, 0.1) is 20.3 Å². The molecular formula is C27H37N3O4. The quantitative estimate of drug-likeness (QED) is 0.628. The molecule has 2 aromatic carbocycles. The Hall–Kier alpha value is -2.45. The first kappa shape index (κ1) is 24.7. The van der Waals surface area contributed by atoms with Crippen molar-refractivity contribution in [1.82, 2.24) is 14.7 Å². The molecule has 0 radical (unpaired) electrons. The molecule has 0 bridgehead atoms. The number of morpholine rings is 1. The molecule has 0 aliphatic carbocycles. The van der Waals surface area contributed by atoms with Crippen LogP contribution in [0.2, 0.25) is 0 Å². The van der Waals surface area contributed by atoms with Gasteiger partial charge < -0.3 is 14.6 Å². The Kier molecular flexibility index (Phi) is 8.21. The molecule has 0 aromatic heterocycles. The van der Waals surface area contributed by atoms with Crippen molar-refractivity contribution in [3.8, 4) is 5.75 Å². The van der Waals surface area contributed by atoms with Crippen LogP contribution in [-0.2, 0) is 29.1 Å². The van der Waals surface area contributed by atoms with E-state index in [0.717, 1.165) is 64.6 Å². The first-order valence-corrected chi connectivity index (χ1v) is 12.2. The summed E-state index contributed by atoms with van der Waals surface area (Å²) in [4.78, 5) is 19.2. The molecule has 2 heterocycles. The molecule has 2 aromatic rings. The van der Waals surface area contributed by atoms with Crippen molar-refractivity contribution in [3.05, 3.63) is 64.7 Å². The predicted molar refractivity (Wildman–Crippen MR) is 132 cm³/mol. The molecule has 7 nitrogen and oxygen atoms in total. The number of phenols is 1. The highest BCUT2D eigenvalue weighted by Gasteiger charge is 2.29. The number of hydrogen-bond acceptors (Lipinski definition) is 7. The number of nitrogens with zero attached hydrogens (tertiary/aromatic N) is 3. The van der Waals surface area contributed by atoms with Crippen LogP contribution in [0.4, 0.5) is 0 Å². The molecule has 2 saturated heterocycles. The maximum atomic E-state index is 11.7. The van der Waals surface area contributed by atoms with Crippen LogP contribution in [-0.4, -0.2) is 84.4 Å². The molecule has 0 amide bonds. The van der Waals surface area contributed by atoms with Gasteiger partial charge in [-0.1, -0.05) is 30.3 Å².